The Balaban J connectivity index is 1.59. The van der Waals surface area contributed by atoms with Gasteiger partial charge in [0, 0.05) is 17.1 Å². The number of hydrogen-bond donors (Lipinski definition) is 1. The van der Waals surface area contributed by atoms with E-state index >= 15 is 0 Å². The maximum atomic E-state index is 13.2. The third-order valence-corrected chi connectivity index (χ3v) is 7.16. The fourth-order valence-corrected chi connectivity index (χ4v) is 5.33. The summed E-state index contributed by atoms with van der Waals surface area (Å²) in [7, 11) is 1.79. The highest BCUT2D eigenvalue weighted by molar-refractivity contribution is 7.22. The summed E-state index contributed by atoms with van der Waals surface area (Å²) >= 11 is 8.00. The van der Waals surface area contributed by atoms with E-state index < -0.39 is 0 Å². The van der Waals surface area contributed by atoms with E-state index in [-0.39, 0.29) is 17.2 Å². The van der Waals surface area contributed by atoms with Gasteiger partial charge >= 0.3 is 0 Å². The summed E-state index contributed by atoms with van der Waals surface area (Å²) in [6.45, 7) is 1.80. The number of anilines is 1. The van der Waals surface area contributed by atoms with E-state index in [0.717, 1.165) is 26.5 Å². The van der Waals surface area contributed by atoms with Crippen molar-refractivity contribution in [3.63, 3.8) is 0 Å². The molecular formula is C24H18ClN3O2S. The van der Waals surface area contributed by atoms with Crippen LogP contribution in [0, 0.1) is 6.92 Å². The van der Waals surface area contributed by atoms with Gasteiger partial charge in [-0.05, 0) is 35.9 Å². The predicted octanol–water partition coefficient (Wildman–Crippen LogP) is 5.76. The lowest BCUT2D eigenvalue weighted by Crippen LogP contribution is -2.22. The maximum absolute atomic E-state index is 13.2. The predicted molar refractivity (Wildman–Crippen MR) is 128 cm³/mol. The van der Waals surface area contributed by atoms with Crippen LogP contribution in [0.3, 0.4) is 0 Å². The van der Waals surface area contributed by atoms with Crippen LogP contribution in [-0.4, -0.2) is 15.3 Å². The number of rotatable bonds is 3. The summed E-state index contributed by atoms with van der Waals surface area (Å²) in [4.78, 5) is 26.7. The van der Waals surface area contributed by atoms with Gasteiger partial charge in [0.25, 0.3) is 11.5 Å². The molecule has 0 fully saturated rings. The van der Waals surface area contributed by atoms with E-state index in [2.05, 4.69) is 5.32 Å². The monoisotopic (exact) mass is 447 g/mol. The second-order valence-electron chi connectivity index (χ2n) is 7.30. The molecule has 154 valence electrons. The number of amides is 1. The van der Waals surface area contributed by atoms with Crippen molar-refractivity contribution in [3.8, 4) is 5.69 Å². The van der Waals surface area contributed by atoms with Gasteiger partial charge in [-0.15, -0.1) is 11.3 Å². The third-order valence-electron chi connectivity index (χ3n) is 5.52. The molecule has 0 bridgehead atoms. The topological polar surface area (TPSA) is 56.0 Å². The molecule has 2 heterocycles. The Kier molecular flexibility index (Phi) is 4.68. The molecule has 31 heavy (non-hydrogen) atoms. The van der Waals surface area contributed by atoms with Crippen molar-refractivity contribution in [1.29, 1.82) is 0 Å². The quantitative estimate of drug-likeness (QED) is 0.382. The van der Waals surface area contributed by atoms with Gasteiger partial charge in [-0.25, -0.2) is 4.68 Å². The van der Waals surface area contributed by atoms with Crippen molar-refractivity contribution in [1.82, 2.24) is 9.36 Å². The van der Waals surface area contributed by atoms with Gasteiger partial charge in [0.15, 0.2) is 0 Å². The number of halogens is 1. The van der Waals surface area contributed by atoms with Gasteiger partial charge in [0.1, 0.15) is 10.6 Å². The van der Waals surface area contributed by atoms with E-state index in [1.807, 2.05) is 66.7 Å². The van der Waals surface area contributed by atoms with Gasteiger partial charge < -0.3 is 5.32 Å². The van der Waals surface area contributed by atoms with Crippen molar-refractivity contribution in [3.05, 3.63) is 92.7 Å². The van der Waals surface area contributed by atoms with Crippen LogP contribution in [0.4, 0.5) is 5.69 Å². The van der Waals surface area contributed by atoms with E-state index in [9.17, 15) is 9.59 Å². The highest BCUT2D eigenvalue weighted by Crippen LogP contribution is 2.40. The number of para-hydroxylation sites is 1. The minimum atomic E-state index is -0.388. The van der Waals surface area contributed by atoms with E-state index in [0.29, 0.717) is 15.6 Å². The highest BCUT2D eigenvalue weighted by Gasteiger charge is 2.23. The lowest BCUT2D eigenvalue weighted by molar-refractivity contribution is 0.103. The number of nitrogens with zero attached hydrogens (tertiary/aromatic N) is 2. The minimum absolute atomic E-state index is 0.245. The Morgan fingerprint density at radius 1 is 1.00 bits per heavy atom. The summed E-state index contributed by atoms with van der Waals surface area (Å²) in [5, 5.41) is 6.14. The summed E-state index contributed by atoms with van der Waals surface area (Å²) < 4.78 is 4.19. The van der Waals surface area contributed by atoms with Gasteiger partial charge in [0.05, 0.1) is 16.4 Å². The zero-order chi connectivity index (χ0) is 21.7. The number of carbonyl (C=O) groups excluding carboxylic acids is 1. The second kappa shape index (κ2) is 7.41. The summed E-state index contributed by atoms with van der Waals surface area (Å²) in [6, 6.07) is 21.2. The summed E-state index contributed by atoms with van der Waals surface area (Å²) in [5.41, 5.74) is 1.34. The largest absolute Gasteiger partial charge is 0.315 e. The van der Waals surface area contributed by atoms with Crippen molar-refractivity contribution < 1.29 is 4.79 Å². The molecular weight excluding hydrogens is 430 g/mol. The van der Waals surface area contributed by atoms with Crippen LogP contribution >= 0.6 is 22.9 Å². The number of fused-ring (bicyclic) bond motifs is 3. The van der Waals surface area contributed by atoms with Crippen molar-refractivity contribution >= 4 is 55.4 Å². The molecule has 0 aliphatic carbocycles. The molecule has 0 unspecified atom stereocenters. The normalized spacial score (nSPS) is 11.3. The number of hydrogen-bond acceptors (Lipinski definition) is 3. The Labute approximate surface area is 187 Å². The molecule has 5 rings (SSSR count). The summed E-state index contributed by atoms with van der Waals surface area (Å²) in [6.07, 6.45) is 0. The second-order valence-corrected chi connectivity index (χ2v) is 8.73. The fourth-order valence-electron chi connectivity index (χ4n) is 3.86. The van der Waals surface area contributed by atoms with Crippen LogP contribution in [0.15, 0.2) is 71.5 Å². The van der Waals surface area contributed by atoms with E-state index in [4.69, 9.17) is 11.6 Å². The average Bonchev–Trinajstić information content (AvgIpc) is 3.24. The zero-order valence-electron chi connectivity index (χ0n) is 16.8. The molecule has 0 aliphatic rings. The smallest absolute Gasteiger partial charge is 0.295 e. The molecule has 0 saturated heterocycles. The van der Waals surface area contributed by atoms with Crippen molar-refractivity contribution in [2.45, 2.75) is 6.92 Å². The molecule has 1 N–H and O–H groups in total. The minimum Gasteiger partial charge on any atom is -0.315 e. The lowest BCUT2D eigenvalue weighted by Gasteiger charge is -2.07. The van der Waals surface area contributed by atoms with Crippen LogP contribution in [0.25, 0.3) is 26.5 Å². The number of carbonyl (C=O) groups is 1. The first-order chi connectivity index (χ1) is 15.0. The highest BCUT2D eigenvalue weighted by atomic mass is 35.5. The Hall–Kier alpha value is -3.35. The van der Waals surface area contributed by atoms with Gasteiger partial charge in [-0.3, -0.25) is 14.3 Å². The van der Waals surface area contributed by atoms with Crippen LogP contribution < -0.4 is 10.9 Å². The van der Waals surface area contributed by atoms with Gasteiger partial charge in [0.2, 0.25) is 0 Å². The summed E-state index contributed by atoms with van der Waals surface area (Å²) in [5.74, 6) is -0.388. The molecule has 0 spiro atoms. The van der Waals surface area contributed by atoms with E-state index in [1.54, 1.807) is 18.7 Å². The van der Waals surface area contributed by atoms with Crippen LogP contribution in [0.5, 0.6) is 0 Å². The standard InChI is InChI=1S/C24H18ClN3O2S/c1-14-21(24(30)28(27(14)2)16-9-4-3-5-10-16)26-23(29)22-20(25)19-17-11-7-6-8-15(17)12-13-18(19)31-22/h3-13H,1-2H3,(H,26,29). The number of thiophene rings is 1. The van der Waals surface area contributed by atoms with Gasteiger partial charge in [-0.2, -0.15) is 0 Å². The van der Waals surface area contributed by atoms with Crippen LogP contribution in [-0.2, 0) is 7.05 Å². The van der Waals surface area contributed by atoms with Crippen LogP contribution in [0.1, 0.15) is 15.4 Å². The molecule has 0 saturated carbocycles. The Morgan fingerprint density at radius 2 is 1.71 bits per heavy atom. The molecule has 0 atom stereocenters. The molecule has 7 heteroatoms. The third kappa shape index (κ3) is 3.07. The molecule has 1 amide bonds. The molecule has 2 aromatic heterocycles. The lowest BCUT2D eigenvalue weighted by atomic mass is 10.1. The van der Waals surface area contributed by atoms with Crippen molar-refractivity contribution in [2.24, 2.45) is 7.05 Å². The number of aromatic nitrogens is 2. The Morgan fingerprint density at radius 3 is 2.48 bits per heavy atom. The number of benzene rings is 3. The first-order valence-corrected chi connectivity index (χ1v) is 10.9. The number of nitrogens with one attached hydrogen (secondary N) is 1. The maximum Gasteiger partial charge on any atom is 0.295 e. The molecule has 3 aromatic carbocycles. The molecule has 0 aliphatic heterocycles. The zero-order valence-corrected chi connectivity index (χ0v) is 18.4. The van der Waals surface area contributed by atoms with Gasteiger partial charge in [-0.1, -0.05) is 60.1 Å². The Bertz CT molecular complexity index is 1530. The molecule has 5 nitrogen and oxygen atoms in total. The van der Waals surface area contributed by atoms with Crippen LogP contribution in [0.2, 0.25) is 5.02 Å². The van der Waals surface area contributed by atoms with Crippen molar-refractivity contribution in [2.75, 3.05) is 5.32 Å². The SMILES string of the molecule is Cc1c(NC(=O)c2sc3ccc4ccccc4c3c2Cl)c(=O)n(-c2ccccc2)n1C. The first kappa shape index (κ1) is 19.6. The fraction of sp³-hybridized carbons (Fsp3) is 0.0833. The average molecular weight is 448 g/mol. The van der Waals surface area contributed by atoms with E-state index in [1.165, 1.54) is 16.0 Å². The first-order valence-electron chi connectivity index (χ1n) is 9.72. The molecule has 5 aromatic rings. The molecule has 0 radical (unpaired) electrons.